The van der Waals surface area contributed by atoms with Gasteiger partial charge in [0.2, 0.25) is 10.0 Å². The van der Waals surface area contributed by atoms with Gasteiger partial charge in [0.15, 0.2) is 0 Å². The van der Waals surface area contributed by atoms with Crippen molar-refractivity contribution in [3.05, 3.63) is 53.5 Å². The summed E-state index contributed by atoms with van der Waals surface area (Å²) in [4.78, 5) is 14.3. The predicted octanol–water partition coefficient (Wildman–Crippen LogP) is 3.36. The lowest BCUT2D eigenvalue weighted by Gasteiger charge is -2.17. The van der Waals surface area contributed by atoms with Crippen molar-refractivity contribution < 1.29 is 17.6 Å². The summed E-state index contributed by atoms with van der Waals surface area (Å²) in [7, 11) is -1.97. The van der Waals surface area contributed by atoms with Crippen molar-refractivity contribution in [1.29, 1.82) is 0 Å². The van der Waals surface area contributed by atoms with Crippen molar-refractivity contribution in [3.8, 4) is 0 Å². The number of rotatable bonds is 7. The average molecular weight is 391 g/mol. The lowest BCUT2D eigenvalue weighted by Crippen LogP contribution is -2.31. The SMILES string of the molecule is CC(C)NS(=O)(=O)c1cccc(C(=O)N(C)Cc2ccc([C@@H]3C[C@@H]3C)o2)c1. The molecule has 0 spiro atoms. The molecular weight excluding hydrogens is 364 g/mol. The molecule has 7 heteroatoms. The standard InChI is InChI=1S/C20H26N2O4S/c1-13(2)21-27(24,25)17-7-5-6-15(11-17)20(23)22(4)12-16-8-9-19(26-16)18-10-14(18)3/h5-9,11,13-14,18,21H,10,12H2,1-4H3/t14-,18+/m0/s1. The van der Waals surface area contributed by atoms with E-state index in [1.807, 2.05) is 12.1 Å². The Morgan fingerprint density at radius 3 is 2.63 bits per heavy atom. The molecule has 1 fully saturated rings. The fourth-order valence-corrected chi connectivity index (χ4v) is 4.39. The van der Waals surface area contributed by atoms with Crippen molar-refractivity contribution >= 4 is 15.9 Å². The molecule has 146 valence electrons. The van der Waals surface area contributed by atoms with E-state index >= 15 is 0 Å². The molecule has 1 aromatic heterocycles. The number of nitrogens with zero attached hydrogens (tertiary/aromatic N) is 1. The van der Waals surface area contributed by atoms with E-state index < -0.39 is 10.0 Å². The first-order valence-corrected chi connectivity index (χ1v) is 10.6. The number of carbonyl (C=O) groups is 1. The number of furan rings is 1. The average Bonchev–Trinajstić information content (AvgIpc) is 3.14. The smallest absolute Gasteiger partial charge is 0.254 e. The second kappa shape index (κ2) is 7.48. The maximum absolute atomic E-state index is 12.7. The number of carbonyl (C=O) groups excluding carboxylic acids is 1. The van der Waals surface area contributed by atoms with Gasteiger partial charge in [-0.15, -0.1) is 0 Å². The van der Waals surface area contributed by atoms with E-state index in [9.17, 15) is 13.2 Å². The van der Waals surface area contributed by atoms with Gasteiger partial charge < -0.3 is 9.32 Å². The molecule has 0 aliphatic heterocycles. The van der Waals surface area contributed by atoms with Crippen molar-refractivity contribution in [1.82, 2.24) is 9.62 Å². The maximum atomic E-state index is 12.7. The minimum absolute atomic E-state index is 0.0819. The van der Waals surface area contributed by atoms with Crippen molar-refractivity contribution in [2.45, 2.75) is 50.6 Å². The lowest BCUT2D eigenvalue weighted by atomic mass is 10.2. The van der Waals surface area contributed by atoms with E-state index in [-0.39, 0.29) is 16.8 Å². The molecule has 0 radical (unpaired) electrons. The van der Waals surface area contributed by atoms with Crippen LogP contribution in [0.1, 0.15) is 55.0 Å². The van der Waals surface area contributed by atoms with Crippen LogP contribution in [0.3, 0.4) is 0 Å². The zero-order valence-corrected chi connectivity index (χ0v) is 16.9. The zero-order chi connectivity index (χ0) is 19.8. The summed E-state index contributed by atoms with van der Waals surface area (Å²) >= 11 is 0. The Balaban J connectivity index is 1.71. The van der Waals surface area contributed by atoms with Crippen LogP contribution in [0.25, 0.3) is 0 Å². The molecule has 1 heterocycles. The number of hydrogen-bond donors (Lipinski definition) is 1. The van der Waals surface area contributed by atoms with E-state index in [4.69, 9.17) is 4.42 Å². The van der Waals surface area contributed by atoms with Crippen LogP contribution in [0.2, 0.25) is 0 Å². The Kier molecular flexibility index (Phi) is 5.44. The molecule has 0 unspecified atom stereocenters. The summed E-state index contributed by atoms with van der Waals surface area (Å²) in [5.74, 6) is 2.60. The summed E-state index contributed by atoms with van der Waals surface area (Å²) in [6, 6.07) is 9.74. The highest BCUT2D eigenvalue weighted by Gasteiger charge is 2.36. The van der Waals surface area contributed by atoms with Gasteiger partial charge in [0, 0.05) is 24.6 Å². The molecule has 1 aliphatic rings. The van der Waals surface area contributed by atoms with Gasteiger partial charge in [0.05, 0.1) is 11.4 Å². The number of amides is 1. The van der Waals surface area contributed by atoms with Crippen molar-refractivity contribution in [2.24, 2.45) is 5.92 Å². The largest absolute Gasteiger partial charge is 0.464 e. The van der Waals surface area contributed by atoms with Crippen LogP contribution in [-0.2, 0) is 16.6 Å². The first-order valence-electron chi connectivity index (χ1n) is 9.14. The molecule has 1 amide bonds. The van der Waals surface area contributed by atoms with Gasteiger partial charge in [0.1, 0.15) is 11.5 Å². The fraction of sp³-hybridized carbons (Fsp3) is 0.450. The number of sulfonamides is 1. The summed E-state index contributed by atoms with van der Waals surface area (Å²) in [5.41, 5.74) is 0.326. The first-order chi connectivity index (χ1) is 12.7. The molecule has 2 aromatic rings. The van der Waals surface area contributed by atoms with Crippen LogP contribution in [0.4, 0.5) is 0 Å². The Morgan fingerprint density at radius 2 is 2.00 bits per heavy atom. The third-order valence-electron chi connectivity index (χ3n) is 4.68. The third-order valence-corrected chi connectivity index (χ3v) is 6.34. The van der Waals surface area contributed by atoms with Crippen LogP contribution in [0.15, 0.2) is 45.7 Å². The number of nitrogens with one attached hydrogen (secondary N) is 1. The molecule has 0 saturated heterocycles. The minimum atomic E-state index is -3.64. The zero-order valence-electron chi connectivity index (χ0n) is 16.1. The highest BCUT2D eigenvalue weighted by Crippen LogP contribution is 2.47. The Bertz CT molecular complexity index is 933. The predicted molar refractivity (Wildman–Crippen MR) is 103 cm³/mol. The first kappa shape index (κ1) is 19.6. The van der Waals surface area contributed by atoms with E-state index in [0.29, 0.717) is 23.9 Å². The van der Waals surface area contributed by atoms with Gasteiger partial charge in [-0.3, -0.25) is 4.79 Å². The van der Waals surface area contributed by atoms with Gasteiger partial charge in [-0.2, -0.15) is 0 Å². The van der Waals surface area contributed by atoms with Crippen LogP contribution < -0.4 is 4.72 Å². The van der Waals surface area contributed by atoms with Crippen LogP contribution in [0.5, 0.6) is 0 Å². The van der Waals surface area contributed by atoms with E-state index in [2.05, 4.69) is 11.6 Å². The van der Waals surface area contributed by atoms with Crippen LogP contribution >= 0.6 is 0 Å². The summed E-state index contributed by atoms with van der Waals surface area (Å²) in [6.07, 6.45) is 1.15. The molecule has 0 bridgehead atoms. The summed E-state index contributed by atoms with van der Waals surface area (Å²) < 4.78 is 33.0. The maximum Gasteiger partial charge on any atom is 0.254 e. The minimum Gasteiger partial charge on any atom is -0.464 e. The molecule has 27 heavy (non-hydrogen) atoms. The summed E-state index contributed by atoms with van der Waals surface area (Å²) in [6.45, 7) is 6.03. The van der Waals surface area contributed by atoms with Crippen LogP contribution in [0, 0.1) is 5.92 Å². The number of benzene rings is 1. The van der Waals surface area contributed by atoms with E-state index in [1.54, 1.807) is 33.0 Å². The van der Waals surface area contributed by atoms with E-state index in [1.165, 1.54) is 17.0 Å². The highest BCUT2D eigenvalue weighted by molar-refractivity contribution is 7.89. The molecular formula is C20H26N2O4S. The normalized spacial score (nSPS) is 19.3. The Morgan fingerprint density at radius 1 is 1.30 bits per heavy atom. The molecule has 1 aromatic carbocycles. The molecule has 3 rings (SSSR count). The molecule has 1 aliphatic carbocycles. The second-order valence-corrected chi connectivity index (χ2v) is 9.30. The monoisotopic (exact) mass is 390 g/mol. The molecule has 2 atom stereocenters. The van der Waals surface area contributed by atoms with Gasteiger partial charge >= 0.3 is 0 Å². The van der Waals surface area contributed by atoms with Crippen molar-refractivity contribution in [2.75, 3.05) is 7.05 Å². The number of hydrogen-bond acceptors (Lipinski definition) is 4. The lowest BCUT2D eigenvalue weighted by molar-refractivity contribution is 0.0774. The fourth-order valence-electron chi connectivity index (χ4n) is 3.10. The Labute approximate surface area is 160 Å². The highest BCUT2D eigenvalue weighted by atomic mass is 32.2. The van der Waals surface area contributed by atoms with Gasteiger partial charge in [-0.05, 0) is 56.5 Å². The van der Waals surface area contributed by atoms with Crippen LogP contribution in [-0.4, -0.2) is 32.3 Å². The van der Waals surface area contributed by atoms with Gasteiger partial charge in [0.25, 0.3) is 5.91 Å². The Hall–Kier alpha value is -2.12. The summed E-state index contributed by atoms with van der Waals surface area (Å²) in [5, 5.41) is 0. The molecule has 6 nitrogen and oxygen atoms in total. The molecule has 1 N–H and O–H groups in total. The quantitative estimate of drug-likeness (QED) is 0.786. The van der Waals surface area contributed by atoms with Gasteiger partial charge in [-0.1, -0.05) is 13.0 Å². The van der Waals surface area contributed by atoms with E-state index in [0.717, 1.165) is 17.9 Å². The molecule has 1 saturated carbocycles. The second-order valence-electron chi connectivity index (χ2n) is 7.59. The van der Waals surface area contributed by atoms with Gasteiger partial charge in [-0.25, -0.2) is 13.1 Å². The third kappa shape index (κ3) is 4.59. The topological polar surface area (TPSA) is 79.6 Å². The van der Waals surface area contributed by atoms with Crippen molar-refractivity contribution in [3.63, 3.8) is 0 Å².